The second-order valence-electron chi connectivity index (χ2n) is 3.41. The third-order valence-electron chi connectivity index (χ3n) is 2.07. The topological polar surface area (TPSA) is 41.1 Å². The van der Waals surface area contributed by atoms with Crippen molar-refractivity contribution >= 4 is 6.03 Å². The van der Waals surface area contributed by atoms with Crippen LogP contribution < -0.4 is 10.6 Å². The third-order valence-corrected chi connectivity index (χ3v) is 2.07. The standard InChI is InChI=1S/C9H18N2O/c1-2-6-10-9(12)11-7-5-8-3-4-8/h8H,2-7H2,1H3,(H2,10,11,12). The van der Waals surface area contributed by atoms with E-state index in [9.17, 15) is 4.79 Å². The van der Waals surface area contributed by atoms with Crippen molar-refractivity contribution in [2.24, 2.45) is 5.92 Å². The summed E-state index contributed by atoms with van der Waals surface area (Å²) in [4.78, 5) is 11.0. The van der Waals surface area contributed by atoms with Gasteiger partial charge in [0.05, 0.1) is 0 Å². The number of carbonyl (C=O) groups excluding carboxylic acids is 1. The maximum Gasteiger partial charge on any atom is 0.314 e. The van der Waals surface area contributed by atoms with Crippen LogP contribution in [0.5, 0.6) is 0 Å². The van der Waals surface area contributed by atoms with Gasteiger partial charge in [0.2, 0.25) is 0 Å². The first-order valence-corrected chi connectivity index (χ1v) is 4.84. The van der Waals surface area contributed by atoms with Gasteiger partial charge in [-0.2, -0.15) is 0 Å². The minimum atomic E-state index is -0.0162. The molecule has 12 heavy (non-hydrogen) atoms. The lowest BCUT2D eigenvalue weighted by Crippen LogP contribution is -2.36. The minimum absolute atomic E-state index is 0.0162. The van der Waals surface area contributed by atoms with Crippen molar-refractivity contribution in [1.29, 1.82) is 0 Å². The van der Waals surface area contributed by atoms with Crippen molar-refractivity contribution in [3.8, 4) is 0 Å². The molecule has 0 unspecified atom stereocenters. The van der Waals surface area contributed by atoms with E-state index in [2.05, 4.69) is 10.6 Å². The van der Waals surface area contributed by atoms with Crippen LogP contribution in [0.25, 0.3) is 0 Å². The van der Waals surface area contributed by atoms with Crippen molar-refractivity contribution < 1.29 is 4.79 Å². The Kier molecular flexibility index (Phi) is 3.91. The zero-order valence-electron chi connectivity index (χ0n) is 7.73. The largest absolute Gasteiger partial charge is 0.338 e. The first kappa shape index (κ1) is 9.36. The van der Waals surface area contributed by atoms with Gasteiger partial charge in [-0.15, -0.1) is 0 Å². The molecular weight excluding hydrogens is 152 g/mol. The van der Waals surface area contributed by atoms with Gasteiger partial charge in [-0.3, -0.25) is 0 Å². The Morgan fingerprint density at radius 2 is 2.00 bits per heavy atom. The number of urea groups is 1. The van der Waals surface area contributed by atoms with Gasteiger partial charge in [0.25, 0.3) is 0 Å². The number of amides is 2. The van der Waals surface area contributed by atoms with E-state index in [1.165, 1.54) is 12.8 Å². The molecule has 0 aromatic rings. The van der Waals surface area contributed by atoms with Crippen molar-refractivity contribution in [3.05, 3.63) is 0 Å². The average molecular weight is 170 g/mol. The molecule has 1 aliphatic carbocycles. The highest BCUT2D eigenvalue weighted by atomic mass is 16.2. The summed E-state index contributed by atoms with van der Waals surface area (Å²) in [5.41, 5.74) is 0. The van der Waals surface area contributed by atoms with Gasteiger partial charge < -0.3 is 10.6 Å². The van der Waals surface area contributed by atoms with Crippen LogP contribution in [-0.2, 0) is 0 Å². The molecule has 1 rings (SSSR count). The van der Waals surface area contributed by atoms with Crippen LogP contribution in [0.15, 0.2) is 0 Å². The highest BCUT2D eigenvalue weighted by molar-refractivity contribution is 5.73. The zero-order valence-corrected chi connectivity index (χ0v) is 7.73. The smallest absolute Gasteiger partial charge is 0.314 e. The minimum Gasteiger partial charge on any atom is -0.338 e. The molecule has 0 aromatic carbocycles. The Hall–Kier alpha value is -0.730. The summed E-state index contributed by atoms with van der Waals surface area (Å²) < 4.78 is 0. The predicted molar refractivity (Wildman–Crippen MR) is 49.0 cm³/mol. The first-order chi connectivity index (χ1) is 5.83. The Morgan fingerprint density at radius 3 is 2.58 bits per heavy atom. The van der Waals surface area contributed by atoms with Gasteiger partial charge in [-0.1, -0.05) is 19.8 Å². The molecule has 3 nitrogen and oxygen atoms in total. The normalized spacial score (nSPS) is 15.8. The quantitative estimate of drug-likeness (QED) is 0.645. The van der Waals surface area contributed by atoms with E-state index in [-0.39, 0.29) is 6.03 Å². The van der Waals surface area contributed by atoms with Crippen LogP contribution in [0.3, 0.4) is 0 Å². The van der Waals surface area contributed by atoms with Gasteiger partial charge in [0, 0.05) is 13.1 Å². The molecule has 0 radical (unpaired) electrons. The summed E-state index contributed by atoms with van der Waals surface area (Å²) in [5, 5.41) is 5.62. The van der Waals surface area contributed by atoms with Crippen molar-refractivity contribution in [2.75, 3.05) is 13.1 Å². The molecule has 2 amide bonds. The fourth-order valence-electron chi connectivity index (χ4n) is 1.10. The van der Waals surface area contributed by atoms with E-state index in [1.54, 1.807) is 0 Å². The Bertz CT molecular complexity index is 143. The summed E-state index contributed by atoms with van der Waals surface area (Å²) in [6, 6.07) is -0.0162. The second-order valence-corrected chi connectivity index (χ2v) is 3.41. The average Bonchev–Trinajstić information content (AvgIpc) is 2.84. The van der Waals surface area contributed by atoms with Gasteiger partial charge in [-0.05, 0) is 18.8 Å². The first-order valence-electron chi connectivity index (χ1n) is 4.84. The zero-order chi connectivity index (χ0) is 8.81. The Morgan fingerprint density at radius 1 is 1.33 bits per heavy atom. The number of nitrogens with one attached hydrogen (secondary N) is 2. The SMILES string of the molecule is CCCNC(=O)NCCC1CC1. The molecule has 1 fully saturated rings. The molecule has 0 aromatic heterocycles. The molecule has 0 saturated heterocycles. The molecule has 1 saturated carbocycles. The molecule has 0 heterocycles. The monoisotopic (exact) mass is 170 g/mol. The van der Waals surface area contributed by atoms with E-state index < -0.39 is 0 Å². The number of hydrogen-bond acceptors (Lipinski definition) is 1. The van der Waals surface area contributed by atoms with Crippen LogP contribution in [0.4, 0.5) is 4.79 Å². The van der Waals surface area contributed by atoms with Crippen LogP contribution >= 0.6 is 0 Å². The van der Waals surface area contributed by atoms with Crippen LogP contribution in [0, 0.1) is 5.92 Å². The third kappa shape index (κ3) is 4.21. The maximum absolute atomic E-state index is 11.0. The van der Waals surface area contributed by atoms with Crippen LogP contribution in [0.2, 0.25) is 0 Å². The summed E-state index contributed by atoms with van der Waals surface area (Å²) in [5.74, 6) is 0.900. The fraction of sp³-hybridized carbons (Fsp3) is 0.889. The van der Waals surface area contributed by atoms with Gasteiger partial charge in [0.1, 0.15) is 0 Å². The summed E-state index contributed by atoms with van der Waals surface area (Å²) in [6.07, 6.45) is 4.87. The van der Waals surface area contributed by atoms with Crippen LogP contribution in [-0.4, -0.2) is 19.1 Å². The van der Waals surface area contributed by atoms with Gasteiger partial charge in [0.15, 0.2) is 0 Å². The molecule has 0 atom stereocenters. The highest BCUT2D eigenvalue weighted by Gasteiger charge is 2.20. The van der Waals surface area contributed by atoms with E-state index in [0.29, 0.717) is 0 Å². The van der Waals surface area contributed by atoms with Gasteiger partial charge >= 0.3 is 6.03 Å². The van der Waals surface area contributed by atoms with E-state index in [4.69, 9.17) is 0 Å². The predicted octanol–water partition coefficient (Wildman–Crippen LogP) is 1.50. The summed E-state index contributed by atoms with van der Waals surface area (Å²) in [6.45, 7) is 3.65. The van der Waals surface area contributed by atoms with Crippen LogP contribution in [0.1, 0.15) is 32.6 Å². The fourth-order valence-corrected chi connectivity index (χ4v) is 1.10. The number of hydrogen-bond donors (Lipinski definition) is 2. The van der Waals surface area contributed by atoms with E-state index >= 15 is 0 Å². The van der Waals surface area contributed by atoms with E-state index in [1.807, 2.05) is 6.92 Å². The molecule has 0 bridgehead atoms. The lowest BCUT2D eigenvalue weighted by atomic mass is 10.3. The van der Waals surface area contributed by atoms with Crippen molar-refractivity contribution in [1.82, 2.24) is 10.6 Å². The maximum atomic E-state index is 11.0. The van der Waals surface area contributed by atoms with Crippen molar-refractivity contribution in [3.63, 3.8) is 0 Å². The lowest BCUT2D eigenvalue weighted by Gasteiger charge is -2.05. The van der Waals surface area contributed by atoms with E-state index in [0.717, 1.165) is 31.8 Å². The molecule has 2 N–H and O–H groups in total. The lowest BCUT2D eigenvalue weighted by molar-refractivity contribution is 0.240. The Balaban J connectivity index is 1.86. The molecular formula is C9H18N2O. The Labute approximate surface area is 73.9 Å². The van der Waals surface area contributed by atoms with Crippen molar-refractivity contribution in [2.45, 2.75) is 32.6 Å². The molecule has 0 spiro atoms. The highest BCUT2D eigenvalue weighted by Crippen LogP contribution is 2.31. The second kappa shape index (κ2) is 5.01. The van der Waals surface area contributed by atoms with Gasteiger partial charge in [-0.25, -0.2) is 4.79 Å². The number of carbonyl (C=O) groups is 1. The summed E-state index contributed by atoms with van der Waals surface area (Å²) >= 11 is 0. The molecule has 0 aliphatic heterocycles. The molecule has 1 aliphatic rings. The molecule has 70 valence electrons. The summed E-state index contributed by atoms with van der Waals surface area (Å²) in [7, 11) is 0. The molecule has 3 heteroatoms. The number of rotatable bonds is 5.